The Morgan fingerprint density at radius 2 is 2.23 bits per heavy atom. The molecular weight excluding hydrogens is 295 g/mol. The Labute approximate surface area is 86.2 Å². The minimum Gasteiger partial charge on any atom is -0.491 e. The van der Waals surface area contributed by atoms with Crippen LogP contribution in [0.2, 0.25) is 0 Å². The van der Waals surface area contributed by atoms with Gasteiger partial charge in [0.05, 0.1) is 16.4 Å². The summed E-state index contributed by atoms with van der Waals surface area (Å²) in [5, 5.41) is 0. The van der Waals surface area contributed by atoms with Crippen molar-refractivity contribution in [2.45, 2.75) is 6.43 Å². The molecule has 0 fully saturated rings. The lowest BCUT2D eigenvalue weighted by atomic mass is 10.3. The SMILES string of the molecule is COc1c[nH]c(I)c(C(F)F)c1=O. The average Bonchev–Trinajstić information content (AvgIpc) is 2.04. The van der Waals surface area contributed by atoms with Gasteiger partial charge in [-0.2, -0.15) is 0 Å². The van der Waals surface area contributed by atoms with E-state index in [1.807, 2.05) is 0 Å². The molecule has 1 N–H and O–H groups in total. The van der Waals surface area contributed by atoms with E-state index < -0.39 is 17.4 Å². The number of rotatable bonds is 2. The van der Waals surface area contributed by atoms with Gasteiger partial charge in [-0.05, 0) is 22.6 Å². The van der Waals surface area contributed by atoms with Gasteiger partial charge in [-0.1, -0.05) is 0 Å². The number of hydrogen-bond acceptors (Lipinski definition) is 2. The van der Waals surface area contributed by atoms with Crippen LogP contribution in [0.15, 0.2) is 11.0 Å². The van der Waals surface area contributed by atoms with Gasteiger partial charge in [-0.3, -0.25) is 4.79 Å². The fourth-order valence-electron chi connectivity index (χ4n) is 0.851. The van der Waals surface area contributed by atoms with Crippen LogP contribution < -0.4 is 10.2 Å². The summed E-state index contributed by atoms with van der Waals surface area (Å²) < 4.78 is 29.4. The maximum atomic E-state index is 12.3. The van der Waals surface area contributed by atoms with Gasteiger partial charge in [-0.15, -0.1) is 0 Å². The van der Waals surface area contributed by atoms with Crippen molar-refractivity contribution in [2.24, 2.45) is 0 Å². The van der Waals surface area contributed by atoms with E-state index in [9.17, 15) is 13.6 Å². The average molecular weight is 301 g/mol. The summed E-state index contributed by atoms with van der Waals surface area (Å²) in [7, 11) is 1.26. The van der Waals surface area contributed by atoms with Crippen LogP contribution in [-0.2, 0) is 0 Å². The summed E-state index contributed by atoms with van der Waals surface area (Å²) in [6.45, 7) is 0. The van der Waals surface area contributed by atoms with Gasteiger partial charge in [0.15, 0.2) is 5.75 Å². The third kappa shape index (κ3) is 1.98. The van der Waals surface area contributed by atoms with Gasteiger partial charge in [0, 0.05) is 6.20 Å². The second kappa shape index (κ2) is 4.03. The van der Waals surface area contributed by atoms with Crippen LogP contribution in [0.1, 0.15) is 12.0 Å². The zero-order valence-electron chi connectivity index (χ0n) is 6.61. The number of methoxy groups -OCH3 is 1. The Bertz CT molecular complexity index is 364. The molecule has 1 rings (SSSR count). The molecule has 6 heteroatoms. The van der Waals surface area contributed by atoms with Crippen molar-refractivity contribution in [2.75, 3.05) is 7.11 Å². The fraction of sp³-hybridized carbons (Fsp3) is 0.286. The third-order valence-corrected chi connectivity index (χ3v) is 2.37. The van der Waals surface area contributed by atoms with E-state index in [2.05, 4.69) is 9.72 Å². The molecule has 0 aliphatic carbocycles. The third-order valence-electron chi connectivity index (χ3n) is 1.47. The molecule has 0 aliphatic rings. The first kappa shape index (κ1) is 10.4. The van der Waals surface area contributed by atoms with Crippen LogP contribution in [0.5, 0.6) is 5.75 Å². The first-order chi connectivity index (χ1) is 6.07. The molecule has 0 amide bonds. The lowest BCUT2D eigenvalue weighted by Gasteiger charge is -2.04. The van der Waals surface area contributed by atoms with Crippen LogP contribution in [0.4, 0.5) is 8.78 Å². The summed E-state index contributed by atoms with van der Waals surface area (Å²) in [4.78, 5) is 13.8. The number of ether oxygens (including phenoxy) is 1. The van der Waals surface area contributed by atoms with Gasteiger partial charge in [0.2, 0.25) is 5.43 Å². The van der Waals surface area contributed by atoms with Crippen molar-refractivity contribution < 1.29 is 13.5 Å². The highest BCUT2D eigenvalue weighted by Crippen LogP contribution is 2.21. The molecule has 0 unspecified atom stereocenters. The Hall–Kier alpha value is -0.660. The molecule has 0 spiro atoms. The second-order valence-corrected chi connectivity index (χ2v) is 3.29. The van der Waals surface area contributed by atoms with Crippen molar-refractivity contribution in [3.05, 3.63) is 25.7 Å². The number of hydrogen-bond donors (Lipinski definition) is 1. The lowest BCUT2D eigenvalue weighted by Crippen LogP contribution is -2.14. The standard InChI is InChI=1S/C7H6F2INO2/c1-13-3-2-11-7(10)4(5(3)12)6(8)9/h2,6H,1H3,(H,11,12). The van der Waals surface area contributed by atoms with Gasteiger partial charge >= 0.3 is 0 Å². The van der Waals surface area contributed by atoms with Crippen molar-refractivity contribution in [3.8, 4) is 5.75 Å². The highest BCUT2D eigenvalue weighted by Gasteiger charge is 2.18. The largest absolute Gasteiger partial charge is 0.491 e. The van der Waals surface area contributed by atoms with Crippen molar-refractivity contribution in [3.63, 3.8) is 0 Å². The van der Waals surface area contributed by atoms with Crippen molar-refractivity contribution in [1.29, 1.82) is 0 Å². The van der Waals surface area contributed by atoms with E-state index in [4.69, 9.17) is 0 Å². The summed E-state index contributed by atoms with van der Waals surface area (Å²) in [6.07, 6.45) is -1.53. The summed E-state index contributed by atoms with van der Waals surface area (Å²) >= 11 is 1.64. The number of H-pyrrole nitrogens is 1. The number of aromatic amines is 1. The van der Waals surface area contributed by atoms with Gasteiger partial charge in [0.25, 0.3) is 6.43 Å². The molecule has 0 aromatic carbocycles. The molecule has 0 aliphatic heterocycles. The molecule has 0 radical (unpaired) electrons. The predicted molar refractivity (Wildman–Crippen MR) is 51.3 cm³/mol. The normalized spacial score (nSPS) is 10.5. The van der Waals surface area contributed by atoms with Crippen LogP contribution in [0, 0.1) is 3.70 Å². The minimum atomic E-state index is -2.79. The molecule has 13 heavy (non-hydrogen) atoms. The molecule has 0 atom stereocenters. The van der Waals surface area contributed by atoms with Crippen molar-refractivity contribution in [1.82, 2.24) is 4.98 Å². The number of halogens is 3. The highest BCUT2D eigenvalue weighted by atomic mass is 127. The summed E-state index contributed by atoms with van der Waals surface area (Å²) in [6, 6.07) is 0. The molecular formula is C7H6F2INO2. The maximum Gasteiger partial charge on any atom is 0.270 e. The van der Waals surface area contributed by atoms with Crippen LogP contribution in [0.25, 0.3) is 0 Å². The second-order valence-electron chi connectivity index (χ2n) is 2.21. The van der Waals surface area contributed by atoms with E-state index in [-0.39, 0.29) is 9.45 Å². The first-order valence-corrected chi connectivity index (χ1v) is 4.39. The number of pyridine rings is 1. The number of alkyl halides is 2. The molecule has 0 saturated heterocycles. The van der Waals surface area contributed by atoms with Crippen LogP contribution in [0.3, 0.4) is 0 Å². The first-order valence-electron chi connectivity index (χ1n) is 3.31. The summed E-state index contributed by atoms with van der Waals surface area (Å²) in [5.74, 6) is -0.101. The molecule has 0 saturated carbocycles. The predicted octanol–water partition coefficient (Wildman–Crippen LogP) is 1.93. The molecule has 0 bridgehead atoms. The van der Waals surface area contributed by atoms with Crippen molar-refractivity contribution >= 4 is 22.6 Å². The van der Waals surface area contributed by atoms with E-state index in [0.29, 0.717) is 0 Å². The Balaban J connectivity index is 3.39. The van der Waals surface area contributed by atoms with E-state index in [1.165, 1.54) is 13.3 Å². The monoisotopic (exact) mass is 301 g/mol. The van der Waals surface area contributed by atoms with E-state index in [0.717, 1.165) is 0 Å². The van der Waals surface area contributed by atoms with Gasteiger partial charge in [0.1, 0.15) is 0 Å². The number of nitrogens with one attached hydrogen (secondary N) is 1. The van der Waals surface area contributed by atoms with Gasteiger partial charge < -0.3 is 9.72 Å². The molecule has 1 aromatic heterocycles. The topological polar surface area (TPSA) is 42.1 Å². The zero-order valence-corrected chi connectivity index (χ0v) is 8.76. The minimum absolute atomic E-state index is 0.101. The Morgan fingerprint density at radius 1 is 1.62 bits per heavy atom. The highest BCUT2D eigenvalue weighted by molar-refractivity contribution is 14.1. The smallest absolute Gasteiger partial charge is 0.270 e. The van der Waals surface area contributed by atoms with E-state index in [1.54, 1.807) is 22.6 Å². The lowest BCUT2D eigenvalue weighted by molar-refractivity contribution is 0.148. The molecule has 3 nitrogen and oxygen atoms in total. The van der Waals surface area contributed by atoms with E-state index >= 15 is 0 Å². The summed E-state index contributed by atoms with van der Waals surface area (Å²) in [5.41, 5.74) is -1.30. The van der Waals surface area contributed by atoms with Crippen LogP contribution in [-0.4, -0.2) is 12.1 Å². The van der Waals surface area contributed by atoms with Gasteiger partial charge in [-0.25, -0.2) is 8.78 Å². The maximum absolute atomic E-state index is 12.3. The quantitative estimate of drug-likeness (QED) is 0.670. The Kier molecular flexibility index (Phi) is 3.23. The Morgan fingerprint density at radius 3 is 2.69 bits per heavy atom. The number of aromatic nitrogens is 1. The zero-order chi connectivity index (χ0) is 10.0. The molecule has 72 valence electrons. The fourth-order valence-corrected chi connectivity index (χ4v) is 1.49. The van der Waals surface area contributed by atoms with Crippen LogP contribution >= 0.6 is 22.6 Å². The molecule has 1 heterocycles. The molecule has 1 aromatic rings.